The molecule has 0 aromatic heterocycles. The fraction of sp³-hybridized carbons (Fsp3) is 1.00. The van der Waals surface area contributed by atoms with Gasteiger partial charge in [0.2, 0.25) is 0 Å². The summed E-state index contributed by atoms with van der Waals surface area (Å²) in [7, 11) is 0. The van der Waals surface area contributed by atoms with Crippen LogP contribution in [0.2, 0.25) is 0 Å². The predicted molar refractivity (Wildman–Crippen MR) is 63.9 cm³/mol. The molecule has 0 aliphatic heterocycles. The molecular formula is C12H28N2. The molecule has 0 saturated carbocycles. The van der Waals surface area contributed by atoms with Crippen molar-refractivity contribution >= 4 is 0 Å². The first-order valence-corrected chi connectivity index (χ1v) is 6.04. The molecule has 0 saturated heterocycles. The van der Waals surface area contributed by atoms with Gasteiger partial charge in [0, 0.05) is 6.04 Å². The lowest BCUT2D eigenvalue weighted by molar-refractivity contribution is 0.217. The van der Waals surface area contributed by atoms with Crippen LogP contribution in [0, 0.1) is 5.41 Å². The van der Waals surface area contributed by atoms with Gasteiger partial charge in [0.05, 0.1) is 0 Å². The third-order valence-electron chi connectivity index (χ3n) is 3.40. The number of rotatable bonds is 8. The third-order valence-corrected chi connectivity index (χ3v) is 3.40. The minimum atomic E-state index is 0.320. The zero-order valence-electron chi connectivity index (χ0n) is 10.4. The van der Waals surface area contributed by atoms with Crippen molar-refractivity contribution in [2.24, 2.45) is 11.3 Å². The Balaban J connectivity index is 3.79. The van der Waals surface area contributed by atoms with Crippen molar-refractivity contribution in [2.75, 3.05) is 0 Å². The third kappa shape index (κ3) is 4.97. The Morgan fingerprint density at radius 2 is 1.79 bits per heavy atom. The second-order valence-corrected chi connectivity index (χ2v) is 4.91. The molecule has 0 fully saturated rings. The number of nitrogens with one attached hydrogen (secondary N) is 1. The molecule has 0 aliphatic carbocycles. The van der Waals surface area contributed by atoms with Gasteiger partial charge in [0.1, 0.15) is 0 Å². The molecule has 0 aromatic carbocycles. The summed E-state index contributed by atoms with van der Waals surface area (Å²) in [6.07, 6.45) is 7.68. The second kappa shape index (κ2) is 7.24. The highest BCUT2D eigenvalue weighted by molar-refractivity contribution is 4.81. The number of hydrogen-bond acceptors (Lipinski definition) is 2. The Morgan fingerprint density at radius 1 is 1.14 bits per heavy atom. The number of hydrazine groups is 1. The summed E-state index contributed by atoms with van der Waals surface area (Å²) in [5, 5.41) is 0. The summed E-state index contributed by atoms with van der Waals surface area (Å²) in [6.45, 7) is 9.06. The summed E-state index contributed by atoms with van der Waals surface area (Å²) in [4.78, 5) is 0. The molecule has 2 nitrogen and oxygen atoms in total. The molecule has 1 atom stereocenters. The maximum absolute atomic E-state index is 5.60. The second-order valence-electron chi connectivity index (χ2n) is 4.91. The van der Waals surface area contributed by atoms with Crippen molar-refractivity contribution in [1.82, 2.24) is 5.43 Å². The predicted octanol–water partition coefficient (Wildman–Crippen LogP) is 3.22. The van der Waals surface area contributed by atoms with E-state index >= 15 is 0 Å². The van der Waals surface area contributed by atoms with E-state index in [1.165, 1.54) is 38.5 Å². The Bertz CT molecular complexity index is 132. The highest BCUT2D eigenvalue weighted by Crippen LogP contribution is 2.27. The van der Waals surface area contributed by atoms with Gasteiger partial charge in [-0.15, -0.1) is 0 Å². The largest absolute Gasteiger partial charge is 0.271 e. The number of hydrogen-bond donors (Lipinski definition) is 2. The van der Waals surface area contributed by atoms with E-state index in [4.69, 9.17) is 5.84 Å². The van der Waals surface area contributed by atoms with E-state index in [1.54, 1.807) is 0 Å². The lowest BCUT2D eigenvalue weighted by Gasteiger charge is -2.33. The average molecular weight is 200 g/mol. The normalized spacial score (nSPS) is 14.4. The van der Waals surface area contributed by atoms with Crippen LogP contribution in [0.15, 0.2) is 0 Å². The van der Waals surface area contributed by atoms with E-state index in [2.05, 4.69) is 33.1 Å². The molecule has 0 aromatic rings. The molecule has 3 N–H and O–H groups in total. The highest BCUT2D eigenvalue weighted by Gasteiger charge is 2.25. The molecule has 1 unspecified atom stereocenters. The molecular weight excluding hydrogens is 172 g/mol. The van der Waals surface area contributed by atoms with Gasteiger partial charge >= 0.3 is 0 Å². The van der Waals surface area contributed by atoms with E-state index in [0.717, 1.165) is 0 Å². The number of unbranched alkanes of at least 4 members (excludes halogenated alkanes) is 3. The Hall–Kier alpha value is -0.0800. The smallest absolute Gasteiger partial charge is 0.0261 e. The van der Waals surface area contributed by atoms with Crippen LogP contribution in [0.1, 0.15) is 66.2 Å². The van der Waals surface area contributed by atoms with Crippen LogP contribution in [0.4, 0.5) is 0 Å². The van der Waals surface area contributed by atoms with Gasteiger partial charge in [0.25, 0.3) is 0 Å². The van der Waals surface area contributed by atoms with Gasteiger partial charge in [-0.2, -0.15) is 0 Å². The first kappa shape index (κ1) is 13.9. The lowest BCUT2D eigenvalue weighted by atomic mass is 9.80. The van der Waals surface area contributed by atoms with E-state index in [9.17, 15) is 0 Å². The summed E-state index contributed by atoms with van der Waals surface area (Å²) in [5.41, 5.74) is 3.29. The molecule has 0 amide bonds. The molecule has 0 spiro atoms. The molecule has 0 radical (unpaired) electrons. The van der Waals surface area contributed by atoms with Gasteiger partial charge in [-0.3, -0.25) is 11.3 Å². The Kier molecular flexibility index (Phi) is 7.20. The summed E-state index contributed by atoms with van der Waals surface area (Å²) in [6, 6.07) is 0.462. The number of nitrogens with two attached hydrogens (primary N) is 1. The van der Waals surface area contributed by atoms with Crippen LogP contribution < -0.4 is 11.3 Å². The standard InChI is InChI=1S/C12H28N2/c1-5-7-8-9-10-11(14-13)12(3,4)6-2/h11,14H,5-10,13H2,1-4H3. The fourth-order valence-corrected chi connectivity index (χ4v) is 1.72. The molecule has 14 heavy (non-hydrogen) atoms. The first-order valence-electron chi connectivity index (χ1n) is 6.04. The van der Waals surface area contributed by atoms with Crippen molar-refractivity contribution in [3.8, 4) is 0 Å². The fourth-order valence-electron chi connectivity index (χ4n) is 1.72. The summed E-state index contributed by atoms with van der Waals surface area (Å²) in [5.74, 6) is 5.60. The molecule has 0 heterocycles. The van der Waals surface area contributed by atoms with E-state index in [-0.39, 0.29) is 0 Å². The quantitative estimate of drug-likeness (QED) is 0.359. The maximum atomic E-state index is 5.60. The molecule has 2 heteroatoms. The van der Waals surface area contributed by atoms with Gasteiger partial charge in [-0.05, 0) is 18.3 Å². The molecule has 86 valence electrons. The van der Waals surface area contributed by atoms with Crippen molar-refractivity contribution in [3.63, 3.8) is 0 Å². The summed E-state index contributed by atoms with van der Waals surface area (Å²) < 4.78 is 0. The van der Waals surface area contributed by atoms with E-state index in [0.29, 0.717) is 11.5 Å². The minimum absolute atomic E-state index is 0.320. The molecule has 0 aliphatic rings. The van der Waals surface area contributed by atoms with Crippen molar-refractivity contribution < 1.29 is 0 Å². The van der Waals surface area contributed by atoms with Gasteiger partial charge in [0.15, 0.2) is 0 Å². The van der Waals surface area contributed by atoms with Gasteiger partial charge in [-0.25, -0.2) is 0 Å². The van der Waals surface area contributed by atoms with Gasteiger partial charge < -0.3 is 0 Å². The summed E-state index contributed by atoms with van der Waals surface area (Å²) >= 11 is 0. The lowest BCUT2D eigenvalue weighted by Crippen LogP contribution is -2.45. The van der Waals surface area contributed by atoms with Crippen LogP contribution in [-0.2, 0) is 0 Å². The first-order chi connectivity index (χ1) is 6.58. The van der Waals surface area contributed by atoms with E-state index in [1.807, 2.05) is 0 Å². The van der Waals surface area contributed by atoms with Crippen LogP contribution in [0.3, 0.4) is 0 Å². The molecule has 0 rings (SSSR count). The highest BCUT2D eigenvalue weighted by atomic mass is 15.2. The van der Waals surface area contributed by atoms with Crippen molar-refractivity contribution in [3.05, 3.63) is 0 Å². The monoisotopic (exact) mass is 200 g/mol. The Morgan fingerprint density at radius 3 is 2.21 bits per heavy atom. The minimum Gasteiger partial charge on any atom is -0.271 e. The SMILES string of the molecule is CCCCCCC(NN)C(C)(C)CC. The maximum Gasteiger partial charge on any atom is 0.0261 e. The van der Waals surface area contributed by atoms with Crippen molar-refractivity contribution in [1.29, 1.82) is 0 Å². The average Bonchev–Trinajstić information content (AvgIpc) is 2.17. The zero-order chi connectivity index (χ0) is 11.0. The van der Waals surface area contributed by atoms with Crippen LogP contribution in [0.25, 0.3) is 0 Å². The Labute approximate surface area is 89.6 Å². The van der Waals surface area contributed by atoms with Crippen LogP contribution in [0.5, 0.6) is 0 Å². The van der Waals surface area contributed by atoms with Crippen LogP contribution >= 0.6 is 0 Å². The van der Waals surface area contributed by atoms with Crippen LogP contribution in [-0.4, -0.2) is 6.04 Å². The molecule has 0 bridgehead atoms. The van der Waals surface area contributed by atoms with E-state index < -0.39 is 0 Å². The van der Waals surface area contributed by atoms with Gasteiger partial charge in [-0.1, -0.05) is 53.4 Å². The van der Waals surface area contributed by atoms with Crippen molar-refractivity contribution in [2.45, 2.75) is 72.3 Å². The zero-order valence-corrected chi connectivity index (χ0v) is 10.4. The topological polar surface area (TPSA) is 38.0 Å².